The third-order valence-electron chi connectivity index (χ3n) is 4.54. The minimum atomic E-state index is -0.389. The summed E-state index contributed by atoms with van der Waals surface area (Å²) >= 11 is 0. The number of rotatable bonds is 6. The van der Waals surface area contributed by atoms with Crippen molar-refractivity contribution in [3.05, 3.63) is 103 Å². The van der Waals surface area contributed by atoms with Gasteiger partial charge in [-0.05, 0) is 39.6 Å². The van der Waals surface area contributed by atoms with E-state index in [1.165, 1.54) is 0 Å². The van der Waals surface area contributed by atoms with Crippen LogP contribution in [0.4, 0.5) is 0 Å². The Labute approximate surface area is 164 Å². The highest BCUT2D eigenvalue weighted by atomic mass is 16.6. The van der Waals surface area contributed by atoms with Crippen LogP contribution in [0.2, 0.25) is 0 Å². The second-order valence-corrected chi connectivity index (χ2v) is 6.52. The molecule has 3 heteroatoms. The van der Waals surface area contributed by atoms with E-state index in [2.05, 4.69) is 12.1 Å². The topological polar surface area (TPSA) is 35.5 Å². The van der Waals surface area contributed by atoms with Crippen LogP contribution in [0.5, 0.6) is 5.75 Å². The summed E-state index contributed by atoms with van der Waals surface area (Å²) in [5, 5.41) is 2.21. The van der Waals surface area contributed by atoms with Gasteiger partial charge in [0, 0.05) is 0 Å². The van der Waals surface area contributed by atoms with Gasteiger partial charge in [0.2, 0.25) is 0 Å². The van der Waals surface area contributed by atoms with Crippen LogP contribution >= 0.6 is 0 Å². The monoisotopic (exact) mass is 368 g/mol. The minimum absolute atomic E-state index is 0.111. The van der Waals surface area contributed by atoms with Crippen molar-refractivity contribution in [1.82, 2.24) is 0 Å². The first-order chi connectivity index (χ1) is 13.8. The van der Waals surface area contributed by atoms with E-state index in [1.54, 1.807) is 0 Å². The van der Waals surface area contributed by atoms with E-state index in [0.29, 0.717) is 5.75 Å². The third kappa shape index (κ3) is 4.38. The molecule has 138 valence electrons. The van der Waals surface area contributed by atoms with E-state index in [0.717, 1.165) is 27.5 Å². The maximum atomic E-state index is 12.0. The van der Waals surface area contributed by atoms with E-state index in [-0.39, 0.29) is 19.2 Å². The first kappa shape index (κ1) is 17.8. The van der Waals surface area contributed by atoms with Gasteiger partial charge in [0.25, 0.3) is 0 Å². The van der Waals surface area contributed by atoms with Crippen molar-refractivity contribution in [2.24, 2.45) is 0 Å². The minimum Gasteiger partial charge on any atom is -0.482 e. The SMILES string of the molecule is O=C(COc1ccc2ccccc2c1)OCc1ccc(-c2ccccc2)cc1. The smallest absolute Gasteiger partial charge is 0.344 e. The van der Waals surface area contributed by atoms with Gasteiger partial charge in [-0.2, -0.15) is 0 Å². The highest BCUT2D eigenvalue weighted by Gasteiger charge is 2.06. The highest BCUT2D eigenvalue weighted by molar-refractivity contribution is 5.83. The molecule has 0 radical (unpaired) electrons. The Morgan fingerprint density at radius 2 is 1.36 bits per heavy atom. The van der Waals surface area contributed by atoms with Crippen LogP contribution in [0, 0.1) is 0 Å². The maximum absolute atomic E-state index is 12.0. The lowest BCUT2D eigenvalue weighted by molar-refractivity contribution is -0.147. The van der Waals surface area contributed by atoms with Gasteiger partial charge in [0.1, 0.15) is 12.4 Å². The normalized spacial score (nSPS) is 10.6. The molecular weight excluding hydrogens is 348 g/mol. The highest BCUT2D eigenvalue weighted by Crippen LogP contribution is 2.21. The average Bonchev–Trinajstić information content (AvgIpc) is 2.77. The number of fused-ring (bicyclic) bond motifs is 1. The van der Waals surface area contributed by atoms with Crippen LogP contribution in [0.1, 0.15) is 5.56 Å². The van der Waals surface area contributed by atoms with Gasteiger partial charge < -0.3 is 9.47 Å². The van der Waals surface area contributed by atoms with Crippen LogP contribution in [0.3, 0.4) is 0 Å². The van der Waals surface area contributed by atoms with E-state index in [4.69, 9.17) is 9.47 Å². The molecule has 0 aliphatic rings. The second kappa shape index (κ2) is 8.40. The van der Waals surface area contributed by atoms with E-state index < -0.39 is 0 Å². The summed E-state index contributed by atoms with van der Waals surface area (Å²) in [5.74, 6) is 0.267. The van der Waals surface area contributed by atoms with Gasteiger partial charge in [-0.25, -0.2) is 4.79 Å². The predicted molar refractivity (Wildman–Crippen MR) is 111 cm³/mol. The molecule has 0 aliphatic heterocycles. The molecule has 0 unspecified atom stereocenters. The number of ether oxygens (including phenoxy) is 2. The maximum Gasteiger partial charge on any atom is 0.344 e. The first-order valence-electron chi connectivity index (χ1n) is 9.19. The van der Waals surface area contributed by atoms with Gasteiger partial charge >= 0.3 is 5.97 Å². The zero-order valence-corrected chi connectivity index (χ0v) is 15.4. The lowest BCUT2D eigenvalue weighted by Crippen LogP contribution is -2.14. The van der Waals surface area contributed by atoms with Crippen molar-refractivity contribution in [1.29, 1.82) is 0 Å². The Balaban J connectivity index is 1.29. The molecule has 28 heavy (non-hydrogen) atoms. The summed E-state index contributed by atoms with van der Waals surface area (Å²) in [7, 11) is 0. The van der Waals surface area contributed by atoms with Crippen molar-refractivity contribution in [3.63, 3.8) is 0 Å². The molecule has 0 saturated carbocycles. The predicted octanol–water partition coefficient (Wildman–Crippen LogP) is 5.63. The molecule has 4 aromatic rings. The number of hydrogen-bond donors (Lipinski definition) is 0. The number of esters is 1. The number of hydrogen-bond acceptors (Lipinski definition) is 3. The summed E-state index contributed by atoms with van der Waals surface area (Å²) in [6.07, 6.45) is 0. The van der Waals surface area contributed by atoms with Gasteiger partial charge in [0.05, 0.1) is 0 Å². The molecule has 0 atom stereocenters. The van der Waals surface area contributed by atoms with Gasteiger partial charge in [-0.15, -0.1) is 0 Å². The Bertz CT molecular complexity index is 1070. The van der Waals surface area contributed by atoms with Gasteiger partial charge in [-0.3, -0.25) is 0 Å². The molecule has 0 N–H and O–H groups in total. The Morgan fingerprint density at radius 3 is 2.14 bits per heavy atom. The fraction of sp³-hybridized carbons (Fsp3) is 0.0800. The summed E-state index contributed by atoms with van der Waals surface area (Å²) < 4.78 is 10.9. The Morgan fingerprint density at radius 1 is 0.679 bits per heavy atom. The van der Waals surface area contributed by atoms with Gasteiger partial charge in [-0.1, -0.05) is 84.9 Å². The number of benzene rings is 4. The summed E-state index contributed by atoms with van der Waals surface area (Å²) in [6, 6.07) is 31.9. The summed E-state index contributed by atoms with van der Waals surface area (Å²) in [6.45, 7) is 0.120. The second-order valence-electron chi connectivity index (χ2n) is 6.52. The first-order valence-corrected chi connectivity index (χ1v) is 9.19. The van der Waals surface area contributed by atoms with Gasteiger partial charge in [0.15, 0.2) is 6.61 Å². The molecule has 0 amide bonds. The average molecular weight is 368 g/mol. The zero-order chi connectivity index (χ0) is 19.2. The lowest BCUT2D eigenvalue weighted by atomic mass is 10.0. The van der Waals surface area contributed by atoms with Crippen molar-refractivity contribution in [3.8, 4) is 16.9 Å². The standard InChI is InChI=1S/C25H20O3/c26-25(18-27-24-15-14-21-8-4-5-9-23(21)16-24)28-17-19-10-12-22(13-11-19)20-6-2-1-3-7-20/h1-16H,17-18H2. The van der Waals surface area contributed by atoms with Crippen LogP contribution in [0.25, 0.3) is 21.9 Å². The molecule has 0 heterocycles. The molecule has 0 bridgehead atoms. The van der Waals surface area contributed by atoms with E-state index >= 15 is 0 Å². The molecular formula is C25H20O3. The van der Waals surface area contributed by atoms with Crippen molar-refractivity contribution < 1.29 is 14.3 Å². The lowest BCUT2D eigenvalue weighted by Gasteiger charge is -2.09. The quantitative estimate of drug-likeness (QED) is 0.414. The molecule has 4 rings (SSSR count). The fourth-order valence-corrected chi connectivity index (χ4v) is 3.03. The number of carbonyl (C=O) groups is 1. The van der Waals surface area contributed by atoms with Crippen LogP contribution in [0.15, 0.2) is 97.1 Å². The van der Waals surface area contributed by atoms with Crippen LogP contribution in [-0.2, 0) is 16.1 Å². The molecule has 0 spiro atoms. The Hall–Kier alpha value is -3.59. The molecule has 0 aliphatic carbocycles. The summed E-state index contributed by atoms with van der Waals surface area (Å²) in [5.41, 5.74) is 3.24. The van der Waals surface area contributed by atoms with Crippen LogP contribution in [-0.4, -0.2) is 12.6 Å². The van der Waals surface area contributed by atoms with Crippen molar-refractivity contribution >= 4 is 16.7 Å². The van der Waals surface area contributed by atoms with E-state index in [1.807, 2.05) is 84.9 Å². The van der Waals surface area contributed by atoms with Crippen molar-refractivity contribution in [2.75, 3.05) is 6.61 Å². The molecule has 4 aromatic carbocycles. The fourth-order valence-electron chi connectivity index (χ4n) is 3.03. The molecule has 0 aromatic heterocycles. The molecule has 0 fully saturated rings. The van der Waals surface area contributed by atoms with Crippen LogP contribution < -0.4 is 4.74 Å². The molecule has 3 nitrogen and oxygen atoms in total. The molecule has 0 saturated heterocycles. The summed E-state index contributed by atoms with van der Waals surface area (Å²) in [4.78, 5) is 12.0. The zero-order valence-electron chi connectivity index (χ0n) is 15.4. The largest absolute Gasteiger partial charge is 0.482 e. The Kier molecular flexibility index (Phi) is 5.34. The van der Waals surface area contributed by atoms with E-state index in [9.17, 15) is 4.79 Å². The third-order valence-corrected chi connectivity index (χ3v) is 4.54. The number of carbonyl (C=O) groups excluding carboxylic acids is 1. The van der Waals surface area contributed by atoms with Crippen molar-refractivity contribution in [2.45, 2.75) is 6.61 Å².